The Hall–Kier alpha value is -2.06. The Morgan fingerprint density at radius 3 is 2.76 bits per heavy atom. The minimum atomic E-state index is -3.84. The van der Waals surface area contributed by atoms with Gasteiger partial charge in [-0.2, -0.15) is 5.10 Å². The van der Waals surface area contributed by atoms with Crippen LogP contribution >= 0.6 is 10.7 Å². The van der Waals surface area contributed by atoms with E-state index in [1.807, 2.05) is 0 Å². The van der Waals surface area contributed by atoms with Crippen LogP contribution in [0, 0.1) is 0 Å². The number of amides is 1. The molecular weight excluding hydrogens is 318 g/mol. The van der Waals surface area contributed by atoms with Crippen molar-refractivity contribution in [1.29, 1.82) is 0 Å². The van der Waals surface area contributed by atoms with Crippen LogP contribution in [0.2, 0.25) is 0 Å². The highest BCUT2D eigenvalue weighted by Crippen LogP contribution is 2.24. The van der Waals surface area contributed by atoms with Crippen LogP contribution in [0.4, 0.5) is 0 Å². The summed E-state index contributed by atoms with van der Waals surface area (Å²) in [7, 11) is 2.91. The van der Waals surface area contributed by atoms with Gasteiger partial charge in [-0.3, -0.25) is 9.89 Å². The van der Waals surface area contributed by atoms with E-state index in [-0.39, 0.29) is 17.3 Å². The van der Waals surface area contributed by atoms with Crippen LogP contribution in [0.3, 0.4) is 0 Å². The second-order valence-corrected chi connectivity index (χ2v) is 6.63. The van der Waals surface area contributed by atoms with Gasteiger partial charge in [-0.15, -0.1) is 0 Å². The number of rotatable bonds is 5. The molecule has 9 heteroatoms. The zero-order valence-electron chi connectivity index (χ0n) is 11.0. The van der Waals surface area contributed by atoms with Gasteiger partial charge in [-0.1, -0.05) is 0 Å². The van der Waals surface area contributed by atoms with Crippen LogP contribution in [0.1, 0.15) is 16.1 Å². The summed E-state index contributed by atoms with van der Waals surface area (Å²) >= 11 is 0. The highest BCUT2D eigenvalue weighted by atomic mass is 35.7. The predicted molar refractivity (Wildman–Crippen MR) is 75.8 cm³/mol. The molecule has 0 fully saturated rings. The van der Waals surface area contributed by atoms with Gasteiger partial charge >= 0.3 is 0 Å². The van der Waals surface area contributed by atoms with Gasteiger partial charge in [-0.05, 0) is 24.3 Å². The van der Waals surface area contributed by atoms with Gasteiger partial charge in [0.05, 0.1) is 12.0 Å². The molecule has 2 rings (SSSR count). The van der Waals surface area contributed by atoms with E-state index >= 15 is 0 Å². The standard InChI is InChI=1S/C12H12ClN3O4S/c1-20-11-3-2-9(21(13,18)19)6-8(11)7-14-12(17)10-4-5-15-16-10/h2-6H,7H2,1H3,(H,14,17)(H,15,16). The van der Waals surface area contributed by atoms with E-state index in [1.165, 1.54) is 37.6 Å². The molecule has 0 saturated heterocycles. The first-order valence-corrected chi connectivity index (χ1v) is 8.12. The van der Waals surface area contributed by atoms with Crippen molar-refractivity contribution in [3.8, 4) is 5.75 Å². The Morgan fingerprint density at radius 2 is 2.19 bits per heavy atom. The minimum absolute atomic E-state index is 0.0595. The SMILES string of the molecule is COc1ccc(S(=O)(=O)Cl)cc1CNC(=O)c1ccn[nH]1. The number of H-pyrrole nitrogens is 1. The van der Waals surface area contributed by atoms with Crippen LogP contribution < -0.4 is 10.1 Å². The van der Waals surface area contributed by atoms with Crippen molar-refractivity contribution >= 4 is 25.6 Å². The number of aromatic nitrogens is 2. The van der Waals surface area contributed by atoms with E-state index in [4.69, 9.17) is 15.4 Å². The van der Waals surface area contributed by atoms with Crippen molar-refractivity contribution in [2.45, 2.75) is 11.4 Å². The molecular formula is C12H12ClN3O4S. The first-order chi connectivity index (χ1) is 9.91. The van der Waals surface area contributed by atoms with E-state index in [9.17, 15) is 13.2 Å². The summed E-state index contributed by atoms with van der Waals surface area (Å²) in [5, 5.41) is 8.82. The molecule has 1 heterocycles. The molecule has 0 spiro atoms. The number of benzene rings is 1. The van der Waals surface area contributed by atoms with E-state index in [2.05, 4.69) is 15.5 Å². The van der Waals surface area contributed by atoms with Crippen molar-refractivity contribution < 1.29 is 17.9 Å². The molecule has 112 valence electrons. The molecule has 1 aromatic heterocycles. The lowest BCUT2D eigenvalue weighted by molar-refractivity contribution is 0.0945. The van der Waals surface area contributed by atoms with Crippen LogP contribution in [0.15, 0.2) is 35.4 Å². The van der Waals surface area contributed by atoms with Gasteiger partial charge in [0.1, 0.15) is 11.4 Å². The highest BCUT2D eigenvalue weighted by molar-refractivity contribution is 8.13. The number of halogens is 1. The van der Waals surface area contributed by atoms with Gasteiger partial charge in [-0.25, -0.2) is 8.42 Å². The lowest BCUT2D eigenvalue weighted by Gasteiger charge is -2.10. The third-order valence-corrected chi connectivity index (χ3v) is 4.07. The fourth-order valence-electron chi connectivity index (χ4n) is 1.70. The van der Waals surface area contributed by atoms with Crippen molar-refractivity contribution in [3.05, 3.63) is 41.7 Å². The molecule has 0 unspecified atom stereocenters. The molecule has 0 radical (unpaired) electrons. The number of nitrogens with one attached hydrogen (secondary N) is 2. The molecule has 0 aliphatic carbocycles. The number of carbonyl (C=O) groups is 1. The normalized spacial score (nSPS) is 11.1. The Balaban J connectivity index is 2.20. The van der Waals surface area contributed by atoms with Gasteiger partial charge < -0.3 is 10.1 Å². The summed E-state index contributed by atoms with van der Waals surface area (Å²) in [6.45, 7) is 0.0846. The second-order valence-electron chi connectivity index (χ2n) is 4.06. The minimum Gasteiger partial charge on any atom is -0.496 e. The van der Waals surface area contributed by atoms with Crippen LogP contribution in [0.25, 0.3) is 0 Å². The van der Waals surface area contributed by atoms with Gasteiger partial charge in [0.15, 0.2) is 0 Å². The number of carbonyl (C=O) groups excluding carboxylic acids is 1. The smallest absolute Gasteiger partial charge is 0.269 e. The van der Waals surface area contributed by atoms with Crippen molar-refractivity contribution in [2.75, 3.05) is 7.11 Å². The third kappa shape index (κ3) is 3.73. The average Bonchev–Trinajstić information content (AvgIpc) is 2.97. The first-order valence-electron chi connectivity index (χ1n) is 5.81. The maximum absolute atomic E-state index is 11.8. The number of hydrogen-bond donors (Lipinski definition) is 2. The molecule has 1 amide bonds. The van der Waals surface area contributed by atoms with E-state index in [0.717, 1.165) is 0 Å². The van der Waals surface area contributed by atoms with E-state index < -0.39 is 9.05 Å². The fourth-order valence-corrected chi connectivity index (χ4v) is 2.50. The summed E-state index contributed by atoms with van der Waals surface area (Å²) in [5.74, 6) is 0.0812. The number of ether oxygens (including phenoxy) is 1. The Kier molecular flexibility index (Phi) is 4.49. The molecule has 0 aliphatic rings. The molecule has 0 saturated carbocycles. The zero-order chi connectivity index (χ0) is 15.5. The Bertz CT molecular complexity index is 744. The van der Waals surface area contributed by atoms with Crippen LogP contribution in [0.5, 0.6) is 5.75 Å². The van der Waals surface area contributed by atoms with Crippen LogP contribution in [-0.2, 0) is 15.6 Å². The lowest BCUT2D eigenvalue weighted by atomic mass is 10.2. The van der Waals surface area contributed by atoms with Crippen molar-refractivity contribution in [3.63, 3.8) is 0 Å². The molecule has 21 heavy (non-hydrogen) atoms. The van der Waals surface area contributed by atoms with E-state index in [0.29, 0.717) is 17.0 Å². The molecule has 0 atom stereocenters. The van der Waals surface area contributed by atoms with Gasteiger partial charge in [0.2, 0.25) is 0 Å². The summed E-state index contributed by atoms with van der Waals surface area (Å²) in [6, 6.07) is 5.69. The molecule has 7 nitrogen and oxygen atoms in total. The largest absolute Gasteiger partial charge is 0.496 e. The third-order valence-electron chi connectivity index (χ3n) is 2.72. The molecule has 2 aromatic rings. The monoisotopic (exact) mass is 329 g/mol. The molecule has 0 aliphatic heterocycles. The van der Waals surface area contributed by atoms with Crippen molar-refractivity contribution in [2.24, 2.45) is 0 Å². The van der Waals surface area contributed by atoms with Gasteiger partial charge in [0.25, 0.3) is 15.0 Å². The van der Waals surface area contributed by atoms with Crippen molar-refractivity contribution in [1.82, 2.24) is 15.5 Å². The number of nitrogens with zero attached hydrogens (tertiary/aromatic N) is 1. The molecule has 1 aromatic carbocycles. The highest BCUT2D eigenvalue weighted by Gasteiger charge is 2.14. The molecule has 0 bridgehead atoms. The zero-order valence-corrected chi connectivity index (χ0v) is 12.5. The first kappa shape index (κ1) is 15.3. The second kappa shape index (κ2) is 6.15. The maximum atomic E-state index is 11.8. The Morgan fingerprint density at radius 1 is 1.43 bits per heavy atom. The predicted octanol–water partition coefficient (Wildman–Crippen LogP) is 1.28. The van der Waals surface area contributed by atoms with Gasteiger partial charge in [0, 0.05) is 29.0 Å². The van der Waals surface area contributed by atoms with Crippen LogP contribution in [-0.4, -0.2) is 31.6 Å². The number of hydrogen-bond acceptors (Lipinski definition) is 5. The summed E-state index contributed by atoms with van der Waals surface area (Å²) in [6.07, 6.45) is 1.45. The summed E-state index contributed by atoms with van der Waals surface area (Å²) < 4.78 is 27.8. The fraction of sp³-hybridized carbons (Fsp3) is 0.167. The topological polar surface area (TPSA) is 101 Å². The van der Waals surface area contributed by atoms with E-state index in [1.54, 1.807) is 0 Å². The quantitative estimate of drug-likeness (QED) is 0.804. The number of aromatic amines is 1. The number of methoxy groups -OCH3 is 1. The maximum Gasteiger partial charge on any atom is 0.269 e. The molecule has 2 N–H and O–H groups in total. The summed E-state index contributed by atoms with van der Waals surface area (Å²) in [4.78, 5) is 11.7. The average molecular weight is 330 g/mol. The summed E-state index contributed by atoms with van der Waals surface area (Å²) in [5.41, 5.74) is 0.794. The lowest BCUT2D eigenvalue weighted by Crippen LogP contribution is -2.23. The Labute approximate surface area is 125 Å².